The molecule has 1 aromatic carbocycles. The molecule has 0 amide bonds. The summed E-state index contributed by atoms with van der Waals surface area (Å²) >= 11 is 0. The van der Waals surface area contributed by atoms with E-state index in [4.69, 9.17) is 10.5 Å². The molecule has 1 fully saturated rings. The van der Waals surface area contributed by atoms with Gasteiger partial charge in [-0.1, -0.05) is 6.07 Å². The first-order valence-corrected chi connectivity index (χ1v) is 7.47. The maximum atomic E-state index is 13.8. The van der Waals surface area contributed by atoms with Crippen LogP contribution in [-0.4, -0.2) is 39.0 Å². The van der Waals surface area contributed by atoms with Crippen LogP contribution in [0, 0.1) is 5.82 Å². The molecule has 7 heteroatoms. The van der Waals surface area contributed by atoms with Gasteiger partial charge in [-0.15, -0.1) is 0 Å². The Morgan fingerprint density at radius 2 is 2.16 bits per heavy atom. The number of benzene rings is 1. The molecule has 106 valence electrons. The Balaban J connectivity index is 2.39. The van der Waals surface area contributed by atoms with Crippen LogP contribution in [0.4, 0.5) is 10.1 Å². The summed E-state index contributed by atoms with van der Waals surface area (Å²) in [6, 6.07) is 3.81. The molecule has 0 atom stereocenters. The number of anilines is 1. The van der Waals surface area contributed by atoms with Crippen LogP contribution < -0.4 is 5.73 Å². The summed E-state index contributed by atoms with van der Waals surface area (Å²) in [5.41, 5.74) is 5.55. The minimum Gasteiger partial charge on any atom is -0.398 e. The summed E-state index contributed by atoms with van der Waals surface area (Å²) in [6.45, 7) is 0.474. The molecule has 0 aromatic heterocycles. The minimum absolute atomic E-state index is 0.0666. The smallest absolute Gasteiger partial charge is 0.248 e. The van der Waals surface area contributed by atoms with Gasteiger partial charge in [-0.05, 0) is 25.0 Å². The molecule has 2 N–H and O–H groups in total. The number of nitrogens with two attached hydrogens (primary N) is 1. The summed E-state index contributed by atoms with van der Waals surface area (Å²) in [4.78, 5) is -0.432. The predicted octanol–water partition coefficient (Wildman–Crippen LogP) is 1.21. The van der Waals surface area contributed by atoms with E-state index in [2.05, 4.69) is 0 Å². The molecule has 0 bridgehead atoms. The van der Waals surface area contributed by atoms with Gasteiger partial charge in [0.25, 0.3) is 0 Å². The zero-order chi connectivity index (χ0) is 14.0. The van der Waals surface area contributed by atoms with Crippen LogP contribution >= 0.6 is 0 Å². The molecular weight excluding hydrogens is 271 g/mol. The van der Waals surface area contributed by atoms with Crippen molar-refractivity contribution in [1.82, 2.24) is 4.31 Å². The molecule has 0 spiro atoms. The monoisotopic (exact) mass is 288 g/mol. The van der Waals surface area contributed by atoms with Crippen molar-refractivity contribution in [3.8, 4) is 0 Å². The van der Waals surface area contributed by atoms with Gasteiger partial charge in [0.05, 0.1) is 12.3 Å². The Morgan fingerprint density at radius 3 is 2.68 bits per heavy atom. The van der Waals surface area contributed by atoms with Gasteiger partial charge in [0.1, 0.15) is 10.7 Å². The predicted molar refractivity (Wildman–Crippen MR) is 69.6 cm³/mol. The van der Waals surface area contributed by atoms with Crippen molar-refractivity contribution in [1.29, 1.82) is 0 Å². The first kappa shape index (κ1) is 14.2. The summed E-state index contributed by atoms with van der Waals surface area (Å²) in [5, 5.41) is 0. The number of halogens is 1. The molecular formula is C12H17FN2O3S. The highest BCUT2D eigenvalue weighted by molar-refractivity contribution is 7.89. The van der Waals surface area contributed by atoms with Gasteiger partial charge in [0, 0.05) is 19.7 Å². The number of nitrogens with zero attached hydrogens (tertiary/aromatic N) is 1. The number of sulfonamides is 1. The third kappa shape index (κ3) is 2.88. The topological polar surface area (TPSA) is 72.6 Å². The minimum atomic E-state index is -3.92. The zero-order valence-electron chi connectivity index (χ0n) is 10.7. The molecule has 19 heavy (non-hydrogen) atoms. The first-order chi connectivity index (χ1) is 8.98. The van der Waals surface area contributed by atoms with Gasteiger partial charge >= 0.3 is 0 Å². The van der Waals surface area contributed by atoms with Crippen LogP contribution in [0.25, 0.3) is 0 Å². The van der Waals surface area contributed by atoms with Gasteiger partial charge < -0.3 is 10.5 Å². The van der Waals surface area contributed by atoms with Gasteiger partial charge in [-0.3, -0.25) is 0 Å². The molecule has 1 saturated carbocycles. The number of nitrogen functional groups attached to an aromatic ring is 1. The number of rotatable bonds is 6. The lowest BCUT2D eigenvalue weighted by molar-refractivity contribution is 0.177. The number of hydrogen-bond donors (Lipinski definition) is 1. The third-order valence-corrected chi connectivity index (χ3v) is 5.08. The van der Waals surface area contributed by atoms with Crippen molar-refractivity contribution < 1.29 is 17.5 Å². The van der Waals surface area contributed by atoms with E-state index in [1.165, 1.54) is 23.5 Å². The van der Waals surface area contributed by atoms with Crippen LogP contribution in [0.15, 0.2) is 23.1 Å². The van der Waals surface area contributed by atoms with Crippen molar-refractivity contribution in [2.24, 2.45) is 0 Å². The molecule has 1 aromatic rings. The Labute approximate surface area is 112 Å². The second-order valence-electron chi connectivity index (χ2n) is 4.50. The fourth-order valence-electron chi connectivity index (χ4n) is 1.96. The molecule has 1 aliphatic rings. The van der Waals surface area contributed by atoms with E-state index in [0.717, 1.165) is 18.9 Å². The Hall–Kier alpha value is -1.18. The second kappa shape index (κ2) is 5.44. The second-order valence-corrected chi connectivity index (χ2v) is 6.33. The largest absolute Gasteiger partial charge is 0.398 e. The van der Waals surface area contributed by atoms with E-state index >= 15 is 0 Å². The highest BCUT2D eigenvalue weighted by Gasteiger charge is 2.39. The van der Waals surface area contributed by atoms with E-state index in [-0.39, 0.29) is 24.9 Å². The SMILES string of the molecule is COCCN(C1CC1)S(=O)(=O)c1c(N)cccc1F. The zero-order valence-corrected chi connectivity index (χ0v) is 11.5. The van der Waals surface area contributed by atoms with Crippen molar-refractivity contribution in [3.63, 3.8) is 0 Å². The summed E-state index contributed by atoms with van der Waals surface area (Å²) in [5.74, 6) is -0.817. The molecule has 1 aliphatic carbocycles. The van der Waals surface area contributed by atoms with E-state index in [9.17, 15) is 12.8 Å². The van der Waals surface area contributed by atoms with Crippen LogP contribution in [0.5, 0.6) is 0 Å². The van der Waals surface area contributed by atoms with Gasteiger partial charge in [0.2, 0.25) is 10.0 Å². The van der Waals surface area contributed by atoms with Crippen molar-refractivity contribution in [2.75, 3.05) is 26.0 Å². The van der Waals surface area contributed by atoms with Crippen LogP contribution in [-0.2, 0) is 14.8 Å². The van der Waals surface area contributed by atoms with Crippen LogP contribution in [0.1, 0.15) is 12.8 Å². The maximum absolute atomic E-state index is 13.8. The lowest BCUT2D eigenvalue weighted by Gasteiger charge is -2.22. The summed E-state index contributed by atoms with van der Waals surface area (Å²) in [7, 11) is -2.42. The number of ether oxygens (including phenoxy) is 1. The fourth-order valence-corrected chi connectivity index (χ4v) is 3.79. The van der Waals surface area contributed by atoms with Crippen LogP contribution in [0.3, 0.4) is 0 Å². The van der Waals surface area contributed by atoms with E-state index in [1.807, 2.05) is 0 Å². The highest BCUT2D eigenvalue weighted by Crippen LogP contribution is 2.34. The molecule has 0 saturated heterocycles. The molecule has 0 heterocycles. The quantitative estimate of drug-likeness (QED) is 0.799. The molecule has 0 aliphatic heterocycles. The van der Waals surface area contributed by atoms with Gasteiger partial charge in [-0.2, -0.15) is 4.31 Å². The van der Waals surface area contributed by atoms with Crippen LogP contribution in [0.2, 0.25) is 0 Å². The average molecular weight is 288 g/mol. The fraction of sp³-hybridized carbons (Fsp3) is 0.500. The highest BCUT2D eigenvalue weighted by atomic mass is 32.2. The lowest BCUT2D eigenvalue weighted by atomic mass is 10.3. The van der Waals surface area contributed by atoms with E-state index in [0.29, 0.717) is 0 Å². The Morgan fingerprint density at radius 1 is 1.47 bits per heavy atom. The molecule has 0 radical (unpaired) electrons. The summed E-state index contributed by atoms with van der Waals surface area (Å²) < 4.78 is 45.0. The number of methoxy groups -OCH3 is 1. The van der Waals surface area contributed by atoms with Crippen molar-refractivity contribution in [3.05, 3.63) is 24.0 Å². The normalized spacial score (nSPS) is 15.9. The van der Waals surface area contributed by atoms with Gasteiger partial charge in [0.15, 0.2) is 0 Å². The average Bonchev–Trinajstić information content (AvgIpc) is 3.13. The standard InChI is InChI=1S/C12H17FN2O3S/c1-18-8-7-15(9-5-6-9)19(16,17)12-10(13)3-2-4-11(12)14/h2-4,9H,5-8,14H2,1H3. The Kier molecular flexibility index (Phi) is 4.07. The van der Waals surface area contributed by atoms with Crippen molar-refractivity contribution in [2.45, 2.75) is 23.8 Å². The molecule has 5 nitrogen and oxygen atoms in total. The summed E-state index contributed by atoms with van der Waals surface area (Å²) in [6.07, 6.45) is 1.58. The van der Waals surface area contributed by atoms with Gasteiger partial charge in [-0.25, -0.2) is 12.8 Å². The number of hydrogen-bond acceptors (Lipinski definition) is 4. The van der Waals surface area contributed by atoms with E-state index in [1.54, 1.807) is 0 Å². The molecule has 0 unspecified atom stereocenters. The Bertz CT molecular complexity index is 538. The lowest BCUT2D eigenvalue weighted by Crippen LogP contribution is -2.36. The van der Waals surface area contributed by atoms with E-state index < -0.39 is 20.7 Å². The molecule has 2 rings (SSSR count). The van der Waals surface area contributed by atoms with Crippen molar-refractivity contribution >= 4 is 15.7 Å². The first-order valence-electron chi connectivity index (χ1n) is 6.03. The maximum Gasteiger partial charge on any atom is 0.248 e. The third-order valence-electron chi connectivity index (χ3n) is 3.03.